The Kier molecular flexibility index (Phi) is 3.57. The van der Waals surface area contributed by atoms with Crippen LogP contribution in [-0.4, -0.2) is 7.11 Å². The summed E-state index contributed by atoms with van der Waals surface area (Å²) in [7, 11) is 1.32. The first-order chi connectivity index (χ1) is 6.36. The molecule has 0 aromatic heterocycles. The third kappa shape index (κ3) is 2.47. The number of hydrogen-bond acceptors (Lipinski definition) is 2. The predicted molar refractivity (Wildman–Crippen MR) is 58.0 cm³/mol. The molecule has 1 nitrogen and oxygen atoms in total. The van der Waals surface area contributed by atoms with E-state index in [-0.39, 0.29) is 14.2 Å². The number of hydrogen-bond donors (Lipinski definition) is 1. The molecule has 0 fully saturated rings. The molecule has 0 saturated heterocycles. The van der Waals surface area contributed by atoms with Crippen molar-refractivity contribution in [2.75, 3.05) is 7.11 Å². The normalized spacial score (nSPS) is 11.6. The second-order valence-corrected chi connectivity index (χ2v) is 4.10. The van der Waals surface area contributed by atoms with Crippen LogP contribution in [-0.2, 0) is 6.18 Å². The van der Waals surface area contributed by atoms with Crippen LogP contribution in [0.15, 0.2) is 17.0 Å². The number of benzene rings is 1. The first kappa shape index (κ1) is 12.0. The van der Waals surface area contributed by atoms with Crippen molar-refractivity contribution in [2.24, 2.45) is 0 Å². The van der Waals surface area contributed by atoms with E-state index < -0.39 is 11.7 Å². The summed E-state index contributed by atoms with van der Waals surface area (Å²) >= 11 is 5.48. The van der Waals surface area contributed by atoms with Crippen LogP contribution in [0.5, 0.6) is 5.75 Å². The highest BCUT2D eigenvalue weighted by molar-refractivity contribution is 14.1. The van der Waals surface area contributed by atoms with Gasteiger partial charge in [0.25, 0.3) is 0 Å². The maximum atomic E-state index is 12.5. The predicted octanol–water partition coefficient (Wildman–Crippen LogP) is 3.61. The maximum Gasteiger partial charge on any atom is 0.417 e. The third-order valence-corrected chi connectivity index (χ3v) is 2.92. The van der Waals surface area contributed by atoms with Crippen molar-refractivity contribution in [3.8, 4) is 5.75 Å². The number of ether oxygens (including phenoxy) is 1. The highest BCUT2D eigenvalue weighted by atomic mass is 127. The Hall–Kier alpha value is -0.110. The van der Waals surface area contributed by atoms with Gasteiger partial charge in [-0.15, -0.1) is 12.6 Å². The van der Waals surface area contributed by atoms with Gasteiger partial charge < -0.3 is 4.74 Å². The topological polar surface area (TPSA) is 9.23 Å². The van der Waals surface area contributed by atoms with E-state index in [9.17, 15) is 13.2 Å². The Morgan fingerprint density at radius 2 is 1.93 bits per heavy atom. The van der Waals surface area contributed by atoms with Crippen LogP contribution in [0.2, 0.25) is 0 Å². The number of thiol groups is 1. The number of methoxy groups -OCH3 is 1. The largest absolute Gasteiger partial charge is 0.496 e. The highest BCUT2D eigenvalue weighted by Gasteiger charge is 2.34. The van der Waals surface area contributed by atoms with E-state index in [0.29, 0.717) is 0 Å². The van der Waals surface area contributed by atoms with Gasteiger partial charge in [-0.1, -0.05) is 0 Å². The molecule has 0 aliphatic carbocycles. The molecule has 14 heavy (non-hydrogen) atoms. The van der Waals surface area contributed by atoms with E-state index in [2.05, 4.69) is 12.6 Å². The van der Waals surface area contributed by atoms with Crippen LogP contribution in [0.3, 0.4) is 0 Å². The summed E-state index contributed by atoms with van der Waals surface area (Å²) < 4.78 is 42.2. The molecule has 0 radical (unpaired) electrons. The van der Waals surface area contributed by atoms with Gasteiger partial charge in [0, 0.05) is 4.90 Å². The lowest BCUT2D eigenvalue weighted by Crippen LogP contribution is -2.08. The average molecular weight is 334 g/mol. The van der Waals surface area contributed by atoms with Gasteiger partial charge in [-0.25, -0.2) is 0 Å². The van der Waals surface area contributed by atoms with Crippen LogP contribution >= 0.6 is 35.2 Å². The molecular formula is C8H6F3IOS. The van der Waals surface area contributed by atoms with Gasteiger partial charge in [0.05, 0.1) is 16.2 Å². The van der Waals surface area contributed by atoms with Gasteiger partial charge in [-0.3, -0.25) is 0 Å². The van der Waals surface area contributed by atoms with E-state index in [4.69, 9.17) is 4.74 Å². The molecule has 0 spiro atoms. The minimum atomic E-state index is -4.37. The smallest absolute Gasteiger partial charge is 0.417 e. The van der Waals surface area contributed by atoms with Gasteiger partial charge in [0.1, 0.15) is 5.75 Å². The van der Waals surface area contributed by atoms with E-state index in [0.717, 1.165) is 6.07 Å². The molecule has 0 unspecified atom stereocenters. The van der Waals surface area contributed by atoms with Gasteiger partial charge in [-0.2, -0.15) is 13.2 Å². The van der Waals surface area contributed by atoms with Gasteiger partial charge in [0.2, 0.25) is 0 Å². The molecule has 6 heteroatoms. The molecule has 1 aromatic rings. The lowest BCUT2D eigenvalue weighted by atomic mass is 10.2. The second-order valence-electron chi connectivity index (χ2n) is 2.51. The minimum absolute atomic E-state index is 0.0513. The first-order valence-corrected chi connectivity index (χ1v) is 5.02. The molecule has 0 heterocycles. The van der Waals surface area contributed by atoms with Gasteiger partial charge >= 0.3 is 6.18 Å². The van der Waals surface area contributed by atoms with Gasteiger partial charge in [-0.05, 0) is 34.7 Å². The average Bonchev–Trinajstić information content (AvgIpc) is 2.06. The van der Waals surface area contributed by atoms with Crippen LogP contribution in [0.1, 0.15) is 5.56 Å². The fourth-order valence-corrected chi connectivity index (χ4v) is 2.02. The highest BCUT2D eigenvalue weighted by Crippen LogP contribution is 2.38. The van der Waals surface area contributed by atoms with Crippen LogP contribution in [0.4, 0.5) is 13.2 Å². The molecule has 0 amide bonds. The first-order valence-electron chi connectivity index (χ1n) is 3.50. The Morgan fingerprint density at radius 3 is 2.36 bits per heavy atom. The van der Waals surface area contributed by atoms with Crippen LogP contribution in [0, 0.1) is 3.57 Å². The Bertz CT molecular complexity index is 351. The Balaban J connectivity index is 3.37. The molecule has 1 aromatic carbocycles. The van der Waals surface area contributed by atoms with Gasteiger partial charge in [0.15, 0.2) is 0 Å². The van der Waals surface area contributed by atoms with Crippen molar-refractivity contribution in [1.82, 2.24) is 0 Å². The molecule has 1 rings (SSSR count). The van der Waals surface area contributed by atoms with Crippen LogP contribution in [0.25, 0.3) is 0 Å². The fourth-order valence-electron chi connectivity index (χ4n) is 0.938. The molecule has 0 N–H and O–H groups in total. The molecule has 0 saturated carbocycles. The summed E-state index contributed by atoms with van der Waals surface area (Å²) in [5, 5.41) is 0. The van der Waals surface area contributed by atoms with E-state index >= 15 is 0 Å². The summed E-state index contributed by atoms with van der Waals surface area (Å²) in [4.78, 5) is 0.231. The SMILES string of the molecule is COc1cc(S)cc(C(F)(F)F)c1I. The zero-order chi connectivity index (χ0) is 10.9. The second kappa shape index (κ2) is 4.18. The number of halogens is 4. The summed E-state index contributed by atoms with van der Waals surface area (Å²) in [5.74, 6) is 0.186. The Labute approximate surface area is 98.2 Å². The lowest BCUT2D eigenvalue weighted by Gasteiger charge is -2.12. The van der Waals surface area contributed by atoms with Crippen molar-refractivity contribution in [2.45, 2.75) is 11.1 Å². The lowest BCUT2D eigenvalue weighted by molar-refractivity contribution is -0.138. The van der Waals surface area contributed by atoms with Crippen molar-refractivity contribution >= 4 is 35.2 Å². The quantitative estimate of drug-likeness (QED) is 0.610. The monoisotopic (exact) mass is 334 g/mol. The summed E-state index contributed by atoms with van der Waals surface area (Å²) in [5.41, 5.74) is -0.720. The van der Waals surface area contributed by atoms with E-state index in [1.54, 1.807) is 22.6 Å². The molecule has 0 atom stereocenters. The molecule has 0 aliphatic rings. The summed E-state index contributed by atoms with van der Waals surface area (Å²) in [6, 6.07) is 2.42. The van der Waals surface area contributed by atoms with Crippen molar-refractivity contribution in [3.05, 3.63) is 21.3 Å². The van der Waals surface area contributed by atoms with E-state index in [1.165, 1.54) is 13.2 Å². The maximum absolute atomic E-state index is 12.5. The third-order valence-electron chi connectivity index (χ3n) is 1.55. The molecular weight excluding hydrogens is 328 g/mol. The molecule has 78 valence electrons. The van der Waals surface area contributed by atoms with Crippen molar-refractivity contribution < 1.29 is 17.9 Å². The fraction of sp³-hybridized carbons (Fsp3) is 0.250. The zero-order valence-electron chi connectivity index (χ0n) is 7.02. The zero-order valence-corrected chi connectivity index (χ0v) is 10.1. The summed E-state index contributed by atoms with van der Waals surface area (Å²) in [6.45, 7) is 0. The standard InChI is InChI=1S/C8H6F3IOS/c1-13-6-3-4(14)2-5(7(6)12)8(9,10)11/h2-3,14H,1H3. The van der Waals surface area contributed by atoms with E-state index in [1.807, 2.05) is 0 Å². The summed E-state index contributed by atoms with van der Waals surface area (Å²) in [6.07, 6.45) is -4.37. The Morgan fingerprint density at radius 1 is 1.36 bits per heavy atom. The molecule has 0 bridgehead atoms. The molecule has 0 aliphatic heterocycles. The number of rotatable bonds is 1. The van der Waals surface area contributed by atoms with Crippen molar-refractivity contribution in [1.29, 1.82) is 0 Å². The van der Waals surface area contributed by atoms with Crippen LogP contribution < -0.4 is 4.74 Å². The minimum Gasteiger partial charge on any atom is -0.496 e. The number of alkyl halides is 3. The van der Waals surface area contributed by atoms with Crippen molar-refractivity contribution in [3.63, 3.8) is 0 Å².